The molecule has 8 heteroatoms. The van der Waals surface area contributed by atoms with Gasteiger partial charge < -0.3 is 5.32 Å². The third-order valence-corrected chi connectivity index (χ3v) is 5.08. The van der Waals surface area contributed by atoms with Crippen molar-refractivity contribution >= 4 is 56.0 Å². The first-order valence-corrected chi connectivity index (χ1v) is 9.44. The molecule has 1 amide bonds. The lowest BCUT2D eigenvalue weighted by molar-refractivity contribution is -0.116. The number of fused-ring (bicyclic) bond motifs is 1. The second-order valence-corrected chi connectivity index (χ2v) is 7.43. The van der Waals surface area contributed by atoms with Crippen LogP contribution in [0.1, 0.15) is 0 Å². The summed E-state index contributed by atoms with van der Waals surface area (Å²) in [6, 6.07) is 15.6. The molecule has 124 valence electrons. The summed E-state index contributed by atoms with van der Waals surface area (Å²) >= 11 is 3.67. The molecule has 2 heterocycles. The summed E-state index contributed by atoms with van der Waals surface area (Å²) in [7, 11) is 0. The minimum Gasteiger partial charge on any atom is -0.300 e. The molecule has 0 fully saturated rings. The number of thiazole rings is 1. The monoisotopic (exact) mass is 461 g/mol. The number of amides is 1. The molecule has 0 aliphatic heterocycles. The minimum absolute atomic E-state index is 0.0962. The Morgan fingerprint density at radius 3 is 2.80 bits per heavy atom. The average Bonchev–Trinajstić information content (AvgIpc) is 3.23. The zero-order valence-electron chi connectivity index (χ0n) is 12.9. The predicted molar refractivity (Wildman–Crippen MR) is 106 cm³/mol. The lowest BCUT2D eigenvalue weighted by atomic mass is 10.2. The van der Waals surface area contributed by atoms with Crippen molar-refractivity contribution in [2.24, 2.45) is 0 Å². The molecule has 0 unspecified atom stereocenters. The summed E-state index contributed by atoms with van der Waals surface area (Å²) < 4.78 is 2.75. The fourth-order valence-electron chi connectivity index (χ4n) is 2.41. The van der Waals surface area contributed by atoms with Gasteiger partial charge in [0.1, 0.15) is 12.1 Å². The Hall–Kier alpha value is -2.33. The third kappa shape index (κ3) is 3.54. The van der Waals surface area contributed by atoms with Gasteiger partial charge in [0.05, 0.1) is 11.2 Å². The number of aromatic nitrogens is 4. The number of carbonyl (C=O) groups excluding carboxylic acids is 1. The Morgan fingerprint density at radius 2 is 1.96 bits per heavy atom. The van der Waals surface area contributed by atoms with Crippen molar-refractivity contribution in [3.8, 4) is 11.3 Å². The Balaban J connectivity index is 1.47. The highest BCUT2D eigenvalue weighted by molar-refractivity contribution is 14.1. The van der Waals surface area contributed by atoms with Crippen LogP contribution < -0.4 is 5.32 Å². The normalized spacial score (nSPS) is 10.9. The SMILES string of the molecule is O=C(Cn1nnc2ccccc21)Nc1nc(-c2ccc(I)cc2)cs1. The van der Waals surface area contributed by atoms with Crippen molar-refractivity contribution in [1.29, 1.82) is 0 Å². The maximum absolute atomic E-state index is 12.3. The summed E-state index contributed by atoms with van der Waals surface area (Å²) in [5, 5.41) is 13.4. The number of para-hydroxylation sites is 1. The van der Waals surface area contributed by atoms with Crippen molar-refractivity contribution < 1.29 is 4.79 Å². The summed E-state index contributed by atoms with van der Waals surface area (Å²) in [6.07, 6.45) is 0. The van der Waals surface area contributed by atoms with Crippen LogP contribution in [0.25, 0.3) is 22.3 Å². The molecule has 0 saturated carbocycles. The minimum atomic E-state index is -0.181. The molecule has 0 saturated heterocycles. The molecular formula is C17H12IN5OS. The Kier molecular flexibility index (Phi) is 4.45. The van der Waals surface area contributed by atoms with Crippen LogP contribution >= 0.6 is 33.9 Å². The van der Waals surface area contributed by atoms with Gasteiger partial charge in [0, 0.05) is 14.5 Å². The molecule has 0 aliphatic rings. The van der Waals surface area contributed by atoms with Crippen molar-refractivity contribution in [2.75, 3.05) is 5.32 Å². The van der Waals surface area contributed by atoms with E-state index in [0.717, 1.165) is 22.3 Å². The molecule has 0 radical (unpaired) electrons. The average molecular weight is 461 g/mol. The van der Waals surface area contributed by atoms with Crippen molar-refractivity contribution in [1.82, 2.24) is 20.0 Å². The fourth-order valence-corrected chi connectivity index (χ4v) is 3.51. The van der Waals surface area contributed by atoms with Crippen LogP contribution in [0.15, 0.2) is 53.9 Å². The summed E-state index contributed by atoms with van der Waals surface area (Å²) in [6.45, 7) is 0.0962. The first-order chi connectivity index (χ1) is 12.2. The first-order valence-electron chi connectivity index (χ1n) is 7.48. The third-order valence-electron chi connectivity index (χ3n) is 3.60. The van der Waals surface area contributed by atoms with Gasteiger partial charge in [-0.15, -0.1) is 16.4 Å². The van der Waals surface area contributed by atoms with E-state index in [4.69, 9.17) is 0 Å². The van der Waals surface area contributed by atoms with Crippen LogP contribution in [-0.2, 0) is 11.3 Å². The molecule has 4 aromatic rings. The Bertz CT molecular complexity index is 1040. The van der Waals surface area contributed by atoms with E-state index in [0.29, 0.717) is 5.13 Å². The number of hydrogen-bond acceptors (Lipinski definition) is 5. The Morgan fingerprint density at radius 1 is 1.16 bits per heavy atom. The van der Waals surface area contributed by atoms with Gasteiger partial charge in [-0.1, -0.05) is 29.5 Å². The van der Waals surface area contributed by atoms with E-state index in [2.05, 4.69) is 43.2 Å². The molecule has 4 rings (SSSR count). The number of halogens is 1. The van der Waals surface area contributed by atoms with Crippen LogP contribution in [-0.4, -0.2) is 25.9 Å². The van der Waals surface area contributed by atoms with E-state index in [9.17, 15) is 4.79 Å². The van der Waals surface area contributed by atoms with Crippen molar-refractivity contribution in [2.45, 2.75) is 6.54 Å². The number of carbonyl (C=O) groups is 1. The topological polar surface area (TPSA) is 72.7 Å². The van der Waals surface area contributed by atoms with Gasteiger partial charge in [0.15, 0.2) is 5.13 Å². The fraction of sp³-hybridized carbons (Fsp3) is 0.0588. The Labute approximate surface area is 161 Å². The molecule has 1 N–H and O–H groups in total. The molecule has 6 nitrogen and oxygen atoms in total. The van der Waals surface area contributed by atoms with Crippen molar-refractivity contribution in [3.63, 3.8) is 0 Å². The zero-order chi connectivity index (χ0) is 17.2. The van der Waals surface area contributed by atoms with Crippen LogP contribution in [0.4, 0.5) is 5.13 Å². The van der Waals surface area contributed by atoms with Crippen LogP contribution in [0.3, 0.4) is 0 Å². The number of nitrogens with one attached hydrogen (secondary N) is 1. The molecule has 0 bridgehead atoms. The smallest absolute Gasteiger partial charge is 0.247 e. The van der Waals surface area contributed by atoms with E-state index in [1.54, 1.807) is 4.68 Å². The number of rotatable bonds is 4. The highest BCUT2D eigenvalue weighted by Gasteiger charge is 2.11. The van der Waals surface area contributed by atoms with Gasteiger partial charge in [-0.05, 0) is 46.9 Å². The number of hydrogen-bond donors (Lipinski definition) is 1. The summed E-state index contributed by atoms with van der Waals surface area (Å²) in [5.74, 6) is -0.181. The number of benzene rings is 2. The largest absolute Gasteiger partial charge is 0.300 e. The van der Waals surface area contributed by atoms with Crippen LogP contribution in [0.5, 0.6) is 0 Å². The number of nitrogens with zero attached hydrogens (tertiary/aromatic N) is 4. The quantitative estimate of drug-likeness (QED) is 0.470. The van der Waals surface area contributed by atoms with E-state index >= 15 is 0 Å². The molecule has 0 aliphatic carbocycles. The summed E-state index contributed by atoms with van der Waals surface area (Å²) in [5.41, 5.74) is 3.48. The van der Waals surface area contributed by atoms with Crippen molar-refractivity contribution in [3.05, 3.63) is 57.5 Å². The van der Waals surface area contributed by atoms with Gasteiger partial charge in [-0.3, -0.25) is 4.79 Å². The lowest BCUT2D eigenvalue weighted by Gasteiger charge is -2.02. The molecule has 25 heavy (non-hydrogen) atoms. The van der Waals surface area contributed by atoms with Gasteiger partial charge >= 0.3 is 0 Å². The highest BCUT2D eigenvalue weighted by atomic mass is 127. The molecule has 2 aromatic heterocycles. The second kappa shape index (κ2) is 6.89. The van der Waals surface area contributed by atoms with E-state index in [-0.39, 0.29) is 12.5 Å². The van der Waals surface area contributed by atoms with Crippen LogP contribution in [0, 0.1) is 3.57 Å². The summed E-state index contributed by atoms with van der Waals surface area (Å²) in [4.78, 5) is 16.8. The first kappa shape index (κ1) is 16.2. The van der Waals surface area contributed by atoms with Gasteiger partial charge in [-0.2, -0.15) is 0 Å². The lowest BCUT2D eigenvalue weighted by Crippen LogP contribution is -2.19. The van der Waals surface area contributed by atoms with E-state index in [1.807, 2.05) is 53.9 Å². The maximum Gasteiger partial charge on any atom is 0.247 e. The second-order valence-electron chi connectivity index (χ2n) is 5.33. The van der Waals surface area contributed by atoms with E-state index < -0.39 is 0 Å². The zero-order valence-corrected chi connectivity index (χ0v) is 15.9. The molecular weight excluding hydrogens is 449 g/mol. The van der Waals surface area contributed by atoms with Crippen LogP contribution in [0.2, 0.25) is 0 Å². The predicted octanol–water partition coefficient (Wildman–Crippen LogP) is 3.80. The molecule has 2 aromatic carbocycles. The van der Waals surface area contributed by atoms with E-state index in [1.165, 1.54) is 14.9 Å². The van der Waals surface area contributed by atoms with Gasteiger partial charge in [-0.25, -0.2) is 9.67 Å². The standard InChI is InChI=1S/C17H12IN5OS/c18-12-7-5-11(6-8-12)14-10-25-17(19-14)20-16(24)9-23-15-4-2-1-3-13(15)21-22-23/h1-8,10H,9H2,(H,19,20,24). The number of anilines is 1. The highest BCUT2D eigenvalue weighted by Crippen LogP contribution is 2.25. The molecule has 0 atom stereocenters. The molecule has 0 spiro atoms. The van der Waals surface area contributed by atoms with Gasteiger partial charge in [0.25, 0.3) is 0 Å². The van der Waals surface area contributed by atoms with Gasteiger partial charge in [0.2, 0.25) is 5.91 Å². The maximum atomic E-state index is 12.3.